The number of hydrogen-bond acceptors (Lipinski definition) is 3. The number of fused-ring (bicyclic) bond motifs is 1. The van der Waals surface area contributed by atoms with E-state index in [9.17, 15) is 14.0 Å². The number of hydrogen-bond donors (Lipinski definition) is 0. The second-order valence-electron chi connectivity index (χ2n) is 8.15. The molecule has 4 rings (SSSR count). The van der Waals surface area contributed by atoms with Crippen LogP contribution in [0.15, 0.2) is 24.3 Å². The monoisotopic (exact) mass is 374 g/mol. The number of benzene rings is 1. The minimum absolute atomic E-state index is 0.206. The SMILES string of the molecule is O=C(OCCF)N1CCC2(CC1)Cc1ccccc1CN(CC1CC1)C2=O. The van der Waals surface area contributed by atoms with Gasteiger partial charge in [-0.05, 0) is 49.1 Å². The molecule has 5 nitrogen and oxygen atoms in total. The normalized spacial score (nSPS) is 21.7. The Morgan fingerprint density at radius 1 is 1.19 bits per heavy atom. The molecular formula is C21H27FN2O3. The summed E-state index contributed by atoms with van der Waals surface area (Å²) < 4.78 is 17.2. The van der Waals surface area contributed by atoms with Crippen molar-refractivity contribution in [1.82, 2.24) is 9.80 Å². The number of alkyl halides is 1. The summed E-state index contributed by atoms with van der Waals surface area (Å²) in [4.78, 5) is 29.2. The molecule has 0 atom stereocenters. The zero-order valence-electron chi connectivity index (χ0n) is 15.7. The van der Waals surface area contributed by atoms with Crippen LogP contribution in [-0.4, -0.2) is 54.7 Å². The molecule has 1 spiro atoms. The highest BCUT2D eigenvalue weighted by atomic mass is 19.1. The topological polar surface area (TPSA) is 49.9 Å². The predicted octanol–water partition coefficient (Wildman–Crippen LogP) is 3.17. The van der Waals surface area contributed by atoms with Crippen LogP contribution in [0, 0.1) is 11.3 Å². The minimum Gasteiger partial charge on any atom is -0.447 e. The van der Waals surface area contributed by atoms with Crippen LogP contribution >= 0.6 is 0 Å². The molecular weight excluding hydrogens is 347 g/mol. The smallest absolute Gasteiger partial charge is 0.409 e. The van der Waals surface area contributed by atoms with Crippen molar-refractivity contribution in [2.75, 3.05) is 32.9 Å². The molecule has 1 aliphatic carbocycles. The Hall–Kier alpha value is -2.11. The van der Waals surface area contributed by atoms with Gasteiger partial charge in [0.15, 0.2) is 0 Å². The number of carbonyl (C=O) groups excluding carboxylic acids is 2. The molecule has 0 aromatic heterocycles. The van der Waals surface area contributed by atoms with Crippen LogP contribution in [-0.2, 0) is 22.5 Å². The van der Waals surface area contributed by atoms with Crippen molar-refractivity contribution in [3.05, 3.63) is 35.4 Å². The third-order valence-electron chi connectivity index (χ3n) is 6.21. The molecule has 2 heterocycles. The molecule has 27 heavy (non-hydrogen) atoms. The summed E-state index contributed by atoms with van der Waals surface area (Å²) in [5.74, 6) is 0.884. The molecule has 0 unspecified atom stereocenters. The van der Waals surface area contributed by atoms with Gasteiger partial charge in [-0.25, -0.2) is 9.18 Å². The fraction of sp³-hybridized carbons (Fsp3) is 0.619. The van der Waals surface area contributed by atoms with E-state index >= 15 is 0 Å². The van der Waals surface area contributed by atoms with E-state index < -0.39 is 18.2 Å². The quantitative estimate of drug-likeness (QED) is 0.813. The molecule has 0 radical (unpaired) electrons. The first-order valence-electron chi connectivity index (χ1n) is 9.95. The Morgan fingerprint density at radius 2 is 1.89 bits per heavy atom. The number of rotatable bonds is 4. The molecule has 1 saturated carbocycles. The molecule has 0 N–H and O–H groups in total. The first-order chi connectivity index (χ1) is 13.1. The van der Waals surface area contributed by atoms with Crippen molar-refractivity contribution >= 4 is 12.0 Å². The van der Waals surface area contributed by atoms with Gasteiger partial charge >= 0.3 is 6.09 Å². The summed E-state index contributed by atoms with van der Waals surface area (Å²) in [6.45, 7) is 1.62. The maximum Gasteiger partial charge on any atom is 0.409 e. The summed E-state index contributed by atoms with van der Waals surface area (Å²) in [6.07, 6.45) is 3.95. The summed E-state index contributed by atoms with van der Waals surface area (Å²) >= 11 is 0. The zero-order chi connectivity index (χ0) is 18.9. The first kappa shape index (κ1) is 18.3. The van der Waals surface area contributed by atoms with Crippen LogP contribution < -0.4 is 0 Å². The van der Waals surface area contributed by atoms with E-state index in [-0.39, 0.29) is 12.5 Å². The second-order valence-corrected chi connectivity index (χ2v) is 8.15. The van der Waals surface area contributed by atoms with E-state index in [1.807, 2.05) is 12.1 Å². The van der Waals surface area contributed by atoms with Gasteiger partial charge in [-0.15, -0.1) is 0 Å². The maximum absolute atomic E-state index is 13.5. The van der Waals surface area contributed by atoms with E-state index in [1.165, 1.54) is 24.0 Å². The van der Waals surface area contributed by atoms with Crippen molar-refractivity contribution in [2.45, 2.75) is 38.6 Å². The van der Waals surface area contributed by atoms with Crippen LogP contribution in [0.2, 0.25) is 0 Å². The highest BCUT2D eigenvalue weighted by Gasteiger charge is 2.47. The lowest BCUT2D eigenvalue weighted by Crippen LogP contribution is -2.51. The highest BCUT2D eigenvalue weighted by molar-refractivity contribution is 5.84. The van der Waals surface area contributed by atoms with Crippen molar-refractivity contribution in [3.63, 3.8) is 0 Å². The van der Waals surface area contributed by atoms with Gasteiger partial charge in [-0.2, -0.15) is 0 Å². The lowest BCUT2D eigenvalue weighted by atomic mass is 9.73. The van der Waals surface area contributed by atoms with Gasteiger partial charge in [0.05, 0.1) is 5.41 Å². The molecule has 1 saturated heterocycles. The lowest BCUT2D eigenvalue weighted by Gasteiger charge is -2.41. The van der Waals surface area contributed by atoms with Crippen molar-refractivity contribution < 1.29 is 18.7 Å². The van der Waals surface area contributed by atoms with Crippen LogP contribution in [0.4, 0.5) is 9.18 Å². The Bertz CT molecular complexity index is 711. The van der Waals surface area contributed by atoms with E-state index in [1.54, 1.807) is 4.90 Å². The van der Waals surface area contributed by atoms with E-state index in [2.05, 4.69) is 17.0 Å². The van der Waals surface area contributed by atoms with Gasteiger partial charge in [0.1, 0.15) is 13.3 Å². The van der Waals surface area contributed by atoms with Gasteiger partial charge in [0.25, 0.3) is 0 Å². The summed E-state index contributed by atoms with van der Waals surface area (Å²) in [5, 5.41) is 0. The summed E-state index contributed by atoms with van der Waals surface area (Å²) in [6, 6.07) is 8.34. The van der Waals surface area contributed by atoms with Crippen LogP contribution in [0.25, 0.3) is 0 Å². The number of likely N-dealkylation sites (tertiary alicyclic amines) is 1. The standard InChI is InChI=1S/C21H27FN2O3/c22-9-12-27-20(26)23-10-7-21(8-11-23)13-17-3-1-2-4-18(17)15-24(19(21)25)14-16-5-6-16/h1-4,16H,5-15H2. The Labute approximate surface area is 159 Å². The van der Waals surface area contributed by atoms with Gasteiger partial charge in [-0.3, -0.25) is 4.79 Å². The van der Waals surface area contributed by atoms with Crippen molar-refractivity contribution in [2.24, 2.45) is 11.3 Å². The molecule has 146 valence electrons. The van der Waals surface area contributed by atoms with Gasteiger partial charge < -0.3 is 14.5 Å². The van der Waals surface area contributed by atoms with Crippen LogP contribution in [0.3, 0.4) is 0 Å². The van der Waals surface area contributed by atoms with Gasteiger partial charge in [0.2, 0.25) is 5.91 Å². The molecule has 2 amide bonds. The molecule has 1 aromatic carbocycles. The lowest BCUT2D eigenvalue weighted by molar-refractivity contribution is -0.145. The number of ether oxygens (including phenoxy) is 1. The molecule has 3 aliphatic rings. The number of amides is 2. The average molecular weight is 374 g/mol. The highest BCUT2D eigenvalue weighted by Crippen LogP contribution is 2.42. The number of piperidine rings is 1. The zero-order valence-corrected chi connectivity index (χ0v) is 15.7. The molecule has 6 heteroatoms. The van der Waals surface area contributed by atoms with E-state index in [0.29, 0.717) is 38.4 Å². The van der Waals surface area contributed by atoms with Gasteiger partial charge in [0, 0.05) is 26.2 Å². The summed E-state index contributed by atoms with van der Waals surface area (Å²) in [5.41, 5.74) is 2.05. The Balaban J connectivity index is 1.53. The minimum atomic E-state index is -0.672. The molecule has 2 aliphatic heterocycles. The average Bonchev–Trinajstić information content (AvgIpc) is 3.51. The molecule has 2 fully saturated rings. The fourth-order valence-corrected chi connectivity index (χ4v) is 4.42. The third-order valence-corrected chi connectivity index (χ3v) is 6.21. The maximum atomic E-state index is 13.5. The largest absolute Gasteiger partial charge is 0.447 e. The van der Waals surface area contributed by atoms with Crippen molar-refractivity contribution in [1.29, 1.82) is 0 Å². The van der Waals surface area contributed by atoms with E-state index in [4.69, 9.17) is 4.74 Å². The predicted molar refractivity (Wildman–Crippen MR) is 98.9 cm³/mol. The number of halogens is 1. The van der Waals surface area contributed by atoms with Crippen molar-refractivity contribution in [3.8, 4) is 0 Å². The van der Waals surface area contributed by atoms with Crippen LogP contribution in [0.1, 0.15) is 36.8 Å². The third kappa shape index (κ3) is 3.80. The van der Waals surface area contributed by atoms with E-state index in [0.717, 1.165) is 13.0 Å². The Kier molecular flexibility index (Phi) is 5.06. The molecule has 1 aromatic rings. The fourth-order valence-electron chi connectivity index (χ4n) is 4.42. The Morgan fingerprint density at radius 3 is 2.56 bits per heavy atom. The number of nitrogens with zero attached hydrogens (tertiary/aromatic N) is 2. The van der Waals surface area contributed by atoms with Gasteiger partial charge in [-0.1, -0.05) is 24.3 Å². The van der Waals surface area contributed by atoms with Crippen LogP contribution in [0.5, 0.6) is 0 Å². The first-order valence-corrected chi connectivity index (χ1v) is 9.95. The second kappa shape index (κ2) is 7.49. The molecule has 0 bridgehead atoms. The number of carbonyl (C=O) groups is 2. The summed E-state index contributed by atoms with van der Waals surface area (Å²) in [7, 11) is 0.